The monoisotopic (exact) mass is 233 g/mol. The number of aryl methyl sites for hydroxylation is 1. The van der Waals surface area contributed by atoms with Crippen molar-refractivity contribution in [3.05, 3.63) is 35.4 Å². The van der Waals surface area contributed by atoms with Crippen LogP contribution in [-0.4, -0.2) is 37.1 Å². The van der Waals surface area contributed by atoms with E-state index in [0.29, 0.717) is 5.56 Å². The average molecular weight is 233 g/mol. The van der Waals surface area contributed by atoms with Gasteiger partial charge in [-0.25, -0.2) is 4.79 Å². The van der Waals surface area contributed by atoms with Crippen LogP contribution in [0, 0.1) is 6.92 Å². The molecule has 0 unspecified atom stereocenters. The predicted octanol–water partition coefficient (Wildman–Crippen LogP) is 2.25. The molecule has 0 aliphatic carbocycles. The summed E-state index contributed by atoms with van der Waals surface area (Å²) in [6.45, 7) is 3.87. The lowest BCUT2D eigenvalue weighted by Crippen LogP contribution is -2.38. The van der Waals surface area contributed by atoms with Crippen LogP contribution in [0.1, 0.15) is 28.8 Å². The molecule has 3 heteroatoms. The smallest absolute Gasteiger partial charge is 0.338 e. The number of ether oxygens (including phenoxy) is 1. The normalized spacial score (nSPS) is 21.2. The third-order valence-electron chi connectivity index (χ3n) is 3.22. The summed E-state index contributed by atoms with van der Waals surface area (Å²) in [7, 11) is 2.06. The number of likely N-dealkylation sites (tertiary alicyclic amines) is 1. The Bertz CT molecular complexity index is 403. The van der Waals surface area contributed by atoms with Crippen LogP contribution in [0.4, 0.5) is 0 Å². The molecular weight excluding hydrogens is 214 g/mol. The van der Waals surface area contributed by atoms with E-state index in [0.717, 1.165) is 31.5 Å². The average Bonchev–Trinajstić information content (AvgIpc) is 2.29. The molecular formula is C14H19NO2. The first-order chi connectivity index (χ1) is 8.16. The molecule has 0 N–H and O–H groups in total. The van der Waals surface area contributed by atoms with E-state index in [2.05, 4.69) is 11.9 Å². The van der Waals surface area contributed by atoms with Crippen LogP contribution >= 0.6 is 0 Å². The van der Waals surface area contributed by atoms with Crippen molar-refractivity contribution in [2.24, 2.45) is 0 Å². The lowest BCUT2D eigenvalue weighted by molar-refractivity contribution is 0.0108. The van der Waals surface area contributed by atoms with Crippen molar-refractivity contribution < 1.29 is 9.53 Å². The van der Waals surface area contributed by atoms with Gasteiger partial charge < -0.3 is 9.64 Å². The Morgan fingerprint density at radius 1 is 1.41 bits per heavy atom. The Hall–Kier alpha value is -1.35. The number of hydrogen-bond donors (Lipinski definition) is 0. The fraction of sp³-hybridized carbons (Fsp3) is 0.500. The molecule has 3 nitrogen and oxygen atoms in total. The summed E-state index contributed by atoms with van der Waals surface area (Å²) < 4.78 is 5.55. The molecule has 1 aromatic rings. The maximum atomic E-state index is 12.0. The lowest BCUT2D eigenvalue weighted by Gasteiger charge is -2.29. The maximum absolute atomic E-state index is 12.0. The van der Waals surface area contributed by atoms with Gasteiger partial charge in [0.1, 0.15) is 6.10 Å². The Morgan fingerprint density at radius 2 is 2.18 bits per heavy atom. The quantitative estimate of drug-likeness (QED) is 0.734. The first-order valence-corrected chi connectivity index (χ1v) is 6.12. The Balaban J connectivity index is 1.99. The summed E-state index contributed by atoms with van der Waals surface area (Å²) in [5.74, 6) is -0.191. The predicted molar refractivity (Wildman–Crippen MR) is 67.1 cm³/mol. The van der Waals surface area contributed by atoms with Crippen molar-refractivity contribution in [1.29, 1.82) is 0 Å². The summed E-state index contributed by atoms with van der Waals surface area (Å²) in [5, 5.41) is 0. The zero-order valence-electron chi connectivity index (χ0n) is 10.5. The van der Waals surface area contributed by atoms with Crippen molar-refractivity contribution in [2.75, 3.05) is 20.1 Å². The third kappa shape index (κ3) is 3.07. The third-order valence-corrected chi connectivity index (χ3v) is 3.22. The SMILES string of the molecule is Cc1ccccc1C(=O)O[C@H]1CCCN(C)C1. The molecule has 92 valence electrons. The summed E-state index contributed by atoms with van der Waals surface area (Å²) in [5.41, 5.74) is 1.65. The summed E-state index contributed by atoms with van der Waals surface area (Å²) in [6.07, 6.45) is 2.12. The van der Waals surface area contributed by atoms with Gasteiger partial charge in [0.15, 0.2) is 0 Å². The van der Waals surface area contributed by atoms with E-state index < -0.39 is 0 Å². The van der Waals surface area contributed by atoms with Crippen LogP contribution < -0.4 is 0 Å². The van der Waals surface area contributed by atoms with E-state index in [1.165, 1.54) is 0 Å². The van der Waals surface area contributed by atoms with Gasteiger partial charge in [0, 0.05) is 6.54 Å². The summed E-state index contributed by atoms with van der Waals surface area (Å²) in [6, 6.07) is 7.56. The molecule has 1 aliphatic heterocycles. The first-order valence-electron chi connectivity index (χ1n) is 6.12. The minimum absolute atomic E-state index is 0.0425. The van der Waals surface area contributed by atoms with Gasteiger partial charge in [0.2, 0.25) is 0 Å². The van der Waals surface area contributed by atoms with Crippen LogP contribution in [0.5, 0.6) is 0 Å². The van der Waals surface area contributed by atoms with E-state index in [-0.39, 0.29) is 12.1 Å². The standard InChI is InChI=1S/C14H19NO2/c1-11-6-3-4-8-13(11)14(16)17-12-7-5-9-15(2)10-12/h3-4,6,8,12H,5,7,9-10H2,1-2H3/t12-/m0/s1. The highest BCUT2D eigenvalue weighted by Crippen LogP contribution is 2.15. The molecule has 1 fully saturated rings. The molecule has 0 saturated carbocycles. The van der Waals surface area contributed by atoms with Gasteiger partial charge in [-0.15, -0.1) is 0 Å². The fourth-order valence-electron chi connectivity index (χ4n) is 2.23. The molecule has 17 heavy (non-hydrogen) atoms. The number of piperidine rings is 1. The molecule has 0 spiro atoms. The molecule has 1 aromatic carbocycles. The van der Waals surface area contributed by atoms with Gasteiger partial charge in [0.25, 0.3) is 0 Å². The number of hydrogen-bond acceptors (Lipinski definition) is 3. The van der Waals surface area contributed by atoms with E-state index in [1.54, 1.807) is 0 Å². The maximum Gasteiger partial charge on any atom is 0.338 e. The Kier molecular flexibility index (Phi) is 3.79. The molecule has 0 radical (unpaired) electrons. The molecule has 0 amide bonds. The number of benzene rings is 1. The van der Waals surface area contributed by atoms with Gasteiger partial charge >= 0.3 is 5.97 Å². The van der Waals surface area contributed by atoms with E-state index >= 15 is 0 Å². The fourth-order valence-corrected chi connectivity index (χ4v) is 2.23. The minimum Gasteiger partial charge on any atom is -0.457 e. The van der Waals surface area contributed by atoms with Crippen LogP contribution in [0.2, 0.25) is 0 Å². The van der Waals surface area contributed by atoms with E-state index in [1.807, 2.05) is 31.2 Å². The largest absolute Gasteiger partial charge is 0.457 e. The van der Waals surface area contributed by atoms with Crippen molar-refractivity contribution in [1.82, 2.24) is 4.90 Å². The number of carbonyl (C=O) groups excluding carboxylic acids is 1. The summed E-state index contributed by atoms with van der Waals surface area (Å²) >= 11 is 0. The van der Waals surface area contributed by atoms with Gasteiger partial charge in [-0.1, -0.05) is 18.2 Å². The molecule has 0 aromatic heterocycles. The van der Waals surface area contributed by atoms with Crippen LogP contribution in [-0.2, 0) is 4.74 Å². The second-order valence-electron chi connectivity index (χ2n) is 4.75. The van der Waals surface area contributed by atoms with Crippen molar-refractivity contribution in [3.63, 3.8) is 0 Å². The summed E-state index contributed by atoms with van der Waals surface area (Å²) in [4.78, 5) is 14.2. The molecule has 1 atom stereocenters. The van der Waals surface area contributed by atoms with Crippen molar-refractivity contribution in [2.45, 2.75) is 25.9 Å². The number of nitrogens with zero attached hydrogens (tertiary/aromatic N) is 1. The minimum atomic E-state index is -0.191. The number of rotatable bonds is 2. The second-order valence-corrected chi connectivity index (χ2v) is 4.75. The highest BCUT2D eigenvalue weighted by Gasteiger charge is 2.21. The van der Waals surface area contributed by atoms with Crippen LogP contribution in [0.25, 0.3) is 0 Å². The van der Waals surface area contributed by atoms with Crippen molar-refractivity contribution >= 4 is 5.97 Å². The lowest BCUT2D eigenvalue weighted by atomic mass is 10.1. The van der Waals surface area contributed by atoms with Crippen LogP contribution in [0.15, 0.2) is 24.3 Å². The van der Waals surface area contributed by atoms with Crippen molar-refractivity contribution in [3.8, 4) is 0 Å². The van der Waals surface area contributed by atoms with E-state index in [4.69, 9.17) is 4.74 Å². The number of carbonyl (C=O) groups is 1. The number of likely N-dealkylation sites (N-methyl/N-ethyl adjacent to an activating group) is 1. The molecule has 1 heterocycles. The van der Waals surface area contributed by atoms with Gasteiger partial charge in [-0.3, -0.25) is 0 Å². The molecule has 1 aliphatic rings. The van der Waals surface area contributed by atoms with E-state index in [9.17, 15) is 4.79 Å². The highest BCUT2D eigenvalue weighted by molar-refractivity contribution is 5.91. The Labute approximate surface area is 102 Å². The van der Waals surface area contributed by atoms with Gasteiger partial charge in [0.05, 0.1) is 5.56 Å². The Morgan fingerprint density at radius 3 is 2.88 bits per heavy atom. The second kappa shape index (κ2) is 5.32. The zero-order chi connectivity index (χ0) is 12.3. The molecule has 1 saturated heterocycles. The topological polar surface area (TPSA) is 29.5 Å². The first kappa shape index (κ1) is 12.1. The van der Waals surface area contributed by atoms with Gasteiger partial charge in [-0.2, -0.15) is 0 Å². The number of esters is 1. The zero-order valence-corrected chi connectivity index (χ0v) is 10.5. The van der Waals surface area contributed by atoms with Crippen LogP contribution in [0.3, 0.4) is 0 Å². The molecule has 2 rings (SSSR count). The highest BCUT2D eigenvalue weighted by atomic mass is 16.5. The molecule has 0 bridgehead atoms. The van der Waals surface area contributed by atoms with Gasteiger partial charge in [-0.05, 0) is 45.0 Å².